The van der Waals surface area contributed by atoms with Gasteiger partial charge < -0.3 is 10.1 Å². The van der Waals surface area contributed by atoms with Crippen LogP contribution in [0.2, 0.25) is 5.02 Å². The van der Waals surface area contributed by atoms with E-state index in [0.29, 0.717) is 16.5 Å². The van der Waals surface area contributed by atoms with E-state index in [9.17, 15) is 4.79 Å². The molecule has 1 amide bonds. The molecular formula is C20H18ClN3O2. The van der Waals surface area contributed by atoms with Crippen molar-refractivity contribution in [2.45, 2.75) is 0 Å². The number of anilines is 1. The van der Waals surface area contributed by atoms with E-state index in [0.717, 1.165) is 16.3 Å². The zero-order valence-corrected chi connectivity index (χ0v) is 15.0. The van der Waals surface area contributed by atoms with Crippen molar-refractivity contribution in [1.29, 1.82) is 0 Å². The summed E-state index contributed by atoms with van der Waals surface area (Å²) >= 11 is 6.04. The molecule has 0 aliphatic heterocycles. The van der Waals surface area contributed by atoms with Gasteiger partial charge in [0, 0.05) is 5.56 Å². The van der Waals surface area contributed by atoms with Gasteiger partial charge >= 0.3 is 0 Å². The first-order valence-corrected chi connectivity index (χ1v) is 8.43. The van der Waals surface area contributed by atoms with Crippen LogP contribution in [-0.4, -0.2) is 25.8 Å². The van der Waals surface area contributed by atoms with Gasteiger partial charge in [0.1, 0.15) is 5.75 Å². The quantitative estimate of drug-likeness (QED) is 0.510. The minimum atomic E-state index is -0.277. The Balaban J connectivity index is 1.68. The van der Waals surface area contributed by atoms with E-state index in [-0.39, 0.29) is 12.5 Å². The number of carbonyl (C=O) groups excluding carboxylic acids is 1. The van der Waals surface area contributed by atoms with Gasteiger partial charge in [0.2, 0.25) is 0 Å². The molecule has 0 bridgehead atoms. The van der Waals surface area contributed by atoms with Crippen LogP contribution in [0.3, 0.4) is 0 Å². The van der Waals surface area contributed by atoms with Gasteiger partial charge in [-0.15, -0.1) is 0 Å². The predicted octanol–water partition coefficient (Wildman–Crippen LogP) is 4.06. The Bertz CT molecular complexity index is 957. The van der Waals surface area contributed by atoms with Gasteiger partial charge in [0.05, 0.1) is 30.6 Å². The summed E-state index contributed by atoms with van der Waals surface area (Å²) in [4.78, 5) is 12.0. The number of fused-ring (bicyclic) bond motifs is 1. The zero-order chi connectivity index (χ0) is 18.4. The molecule has 3 aromatic carbocycles. The van der Waals surface area contributed by atoms with Gasteiger partial charge in [-0.05, 0) is 29.0 Å². The number of hydrogen-bond acceptors (Lipinski definition) is 4. The molecule has 0 saturated carbocycles. The van der Waals surface area contributed by atoms with Crippen molar-refractivity contribution in [2.24, 2.45) is 5.10 Å². The van der Waals surface area contributed by atoms with Crippen molar-refractivity contribution in [3.05, 3.63) is 71.2 Å². The van der Waals surface area contributed by atoms with Gasteiger partial charge in [0.25, 0.3) is 5.91 Å². The average molecular weight is 368 g/mol. The number of rotatable bonds is 6. The Morgan fingerprint density at radius 2 is 1.88 bits per heavy atom. The summed E-state index contributed by atoms with van der Waals surface area (Å²) in [5.41, 5.74) is 4.01. The van der Waals surface area contributed by atoms with Crippen LogP contribution in [0.1, 0.15) is 5.56 Å². The molecule has 0 fully saturated rings. The fourth-order valence-electron chi connectivity index (χ4n) is 2.58. The first kappa shape index (κ1) is 17.8. The first-order chi connectivity index (χ1) is 12.7. The predicted molar refractivity (Wildman–Crippen MR) is 106 cm³/mol. The SMILES string of the molecule is COc1ccc2ccccc2c1/C=N/NC(=O)CNc1ccccc1Cl. The Hall–Kier alpha value is -3.05. The molecule has 132 valence electrons. The second-order valence-corrected chi connectivity index (χ2v) is 5.94. The van der Waals surface area contributed by atoms with Crippen molar-refractivity contribution in [3.8, 4) is 5.75 Å². The molecule has 0 radical (unpaired) electrons. The van der Waals surface area contributed by atoms with Crippen LogP contribution in [0.25, 0.3) is 10.8 Å². The fourth-order valence-corrected chi connectivity index (χ4v) is 2.78. The summed E-state index contributed by atoms with van der Waals surface area (Å²) in [5, 5.41) is 9.66. The lowest BCUT2D eigenvalue weighted by molar-refractivity contribution is -0.119. The third-order valence-corrected chi connectivity index (χ3v) is 4.18. The number of hydrazone groups is 1. The fraction of sp³-hybridized carbons (Fsp3) is 0.100. The largest absolute Gasteiger partial charge is 0.496 e. The van der Waals surface area contributed by atoms with Crippen molar-refractivity contribution in [3.63, 3.8) is 0 Å². The van der Waals surface area contributed by atoms with Crippen LogP contribution in [0.15, 0.2) is 65.8 Å². The van der Waals surface area contributed by atoms with E-state index in [1.165, 1.54) is 0 Å². The molecule has 0 aliphatic rings. The molecule has 5 nitrogen and oxygen atoms in total. The van der Waals surface area contributed by atoms with Gasteiger partial charge in [-0.25, -0.2) is 5.43 Å². The molecule has 0 unspecified atom stereocenters. The van der Waals surface area contributed by atoms with Crippen LogP contribution in [0.5, 0.6) is 5.75 Å². The van der Waals surface area contributed by atoms with E-state index < -0.39 is 0 Å². The summed E-state index contributed by atoms with van der Waals surface area (Å²) in [7, 11) is 1.60. The number of benzene rings is 3. The van der Waals surface area contributed by atoms with Crippen LogP contribution < -0.4 is 15.5 Å². The Kier molecular flexibility index (Phi) is 5.71. The zero-order valence-electron chi connectivity index (χ0n) is 14.2. The summed E-state index contributed by atoms with van der Waals surface area (Å²) in [6, 6.07) is 19.0. The lowest BCUT2D eigenvalue weighted by atomic mass is 10.0. The molecule has 0 saturated heterocycles. The van der Waals surface area contributed by atoms with Gasteiger partial charge in [0.15, 0.2) is 0 Å². The maximum atomic E-state index is 12.0. The van der Waals surface area contributed by atoms with Gasteiger partial charge in [-0.2, -0.15) is 5.10 Å². The lowest BCUT2D eigenvalue weighted by Gasteiger charge is -2.09. The molecule has 0 aliphatic carbocycles. The average Bonchev–Trinajstić information content (AvgIpc) is 2.67. The standard InChI is InChI=1S/C20H18ClN3O2/c1-26-19-11-10-14-6-2-3-7-15(14)16(19)12-23-24-20(25)13-22-18-9-5-4-8-17(18)21/h2-12,22H,13H2,1H3,(H,24,25)/b23-12+. The van der Waals surface area contributed by atoms with Crippen molar-refractivity contribution in [2.75, 3.05) is 19.0 Å². The number of ether oxygens (including phenoxy) is 1. The number of hydrogen-bond donors (Lipinski definition) is 2. The topological polar surface area (TPSA) is 62.7 Å². The Labute approximate surface area is 156 Å². The molecule has 3 rings (SSSR count). The second kappa shape index (κ2) is 8.36. The van der Waals surface area contributed by atoms with Crippen LogP contribution >= 0.6 is 11.6 Å². The summed E-state index contributed by atoms with van der Waals surface area (Å²) < 4.78 is 5.40. The summed E-state index contributed by atoms with van der Waals surface area (Å²) in [6.07, 6.45) is 1.59. The molecule has 0 spiro atoms. The molecule has 2 N–H and O–H groups in total. The smallest absolute Gasteiger partial charge is 0.259 e. The number of carbonyl (C=O) groups is 1. The highest BCUT2D eigenvalue weighted by Gasteiger charge is 2.06. The van der Waals surface area contributed by atoms with Crippen LogP contribution in [0, 0.1) is 0 Å². The number of nitrogens with zero attached hydrogens (tertiary/aromatic N) is 1. The summed E-state index contributed by atoms with van der Waals surface area (Å²) in [5.74, 6) is 0.413. The van der Waals surface area contributed by atoms with Crippen molar-refractivity contribution < 1.29 is 9.53 Å². The Morgan fingerprint density at radius 1 is 1.12 bits per heavy atom. The first-order valence-electron chi connectivity index (χ1n) is 8.05. The van der Waals surface area contributed by atoms with Crippen molar-refractivity contribution in [1.82, 2.24) is 5.43 Å². The summed E-state index contributed by atoms with van der Waals surface area (Å²) in [6.45, 7) is 0.0632. The van der Waals surface area contributed by atoms with E-state index >= 15 is 0 Å². The van der Waals surface area contributed by atoms with E-state index in [2.05, 4.69) is 15.8 Å². The third kappa shape index (κ3) is 4.13. The lowest BCUT2D eigenvalue weighted by Crippen LogP contribution is -2.26. The number of amides is 1. The number of halogens is 1. The third-order valence-electron chi connectivity index (χ3n) is 3.85. The Morgan fingerprint density at radius 3 is 2.69 bits per heavy atom. The molecular weight excluding hydrogens is 350 g/mol. The van der Waals surface area contributed by atoms with E-state index in [4.69, 9.17) is 16.3 Å². The second-order valence-electron chi connectivity index (χ2n) is 5.53. The molecule has 0 heterocycles. The van der Waals surface area contributed by atoms with E-state index in [1.807, 2.05) is 48.5 Å². The number of nitrogens with one attached hydrogen (secondary N) is 2. The number of para-hydroxylation sites is 1. The van der Waals surface area contributed by atoms with Crippen LogP contribution in [-0.2, 0) is 4.79 Å². The molecule has 6 heteroatoms. The highest BCUT2D eigenvalue weighted by atomic mass is 35.5. The highest BCUT2D eigenvalue weighted by Crippen LogP contribution is 2.26. The monoisotopic (exact) mass is 367 g/mol. The molecule has 3 aromatic rings. The normalized spacial score (nSPS) is 10.8. The molecule has 0 atom stereocenters. The van der Waals surface area contributed by atoms with Gasteiger partial charge in [-0.3, -0.25) is 4.79 Å². The minimum absolute atomic E-state index is 0.0632. The minimum Gasteiger partial charge on any atom is -0.496 e. The van der Waals surface area contributed by atoms with Crippen LogP contribution in [0.4, 0.5) is 5.69 Å². The van der Waals surface area contributed by atoms with E-state index in [1.54, 1.807) is 25.5 Å². The number of methoxy groups -OCH3 is 1. The molecule has 26 heavy (non-hydrogen) atoms. The maximum absolute atomic E-state index is 12.0. The molecule has 0 aromatic heterocycles. The highest BCUT2D eigenvalue weighted by molar-refractivity contribution is 6.33. The van der Waals surface area contributed by atoms with Gasteiger partial charge in [-0.1, -0.05) is 54.1 Å². The maximum Gasteiger partial charge on any atom is 0.259 e. The van der Waals surface area contributed by atoms with Crippen molar-refractivity contribution >= 4 is 40.2 Å².